The minimum absolute atomic E-state index is 0.0611. The minimum Gasteiger partial charge on any atom is -0.326 e. The monoisotopic (exact) mass is 297 g/mol. The van der Waals surface area contributed by atoms with Crippen molar-refractivity contribution in [1.29, 1.82) is 0 Å². The van der Waals surface area contributed by atoms with Gasteiger partial charge in [0.05, 0.1) is 4.88 Å². The summed E-state index contributed by atoms with van der Waals surface area (Å²) in [5, 5.41) is 4.85. The van der Waals surface area contributed by atoms with Gasteiger partial charge in [-0.2, -0.15) is 0 Å². The molecule has 0 aliphatic heterocycles. The van der Waals surface area contributed by atoms with Crippen LogP contribution in [0.1, 0.15) is 12.5 Å². The molecule has 2 heterocycles. The molecule has 3 rings (SSSR count). The number of hydrogen-bond donors (Lipinski definition) is 1. The molecule has 0 aliphatic rings. The van der Waals surface area contributed by atoms with Gasteiger partial charge in [-0.15, -0.1) is 11.3 Å². The first-order chi connectivity index (χ1) is 10.2. The van der Waals surface area contributed by atoms with E-state index < -0.39 is 0 Å². The van der Waals surface area contributed by atoms with Gasteiger partial charge in [0.2, 0.25) is 5.91 Å². The molecule has 0 radical (unpaired) electrons. The van der Waals surface area contributed by atoms with E-state index in [4.69, 9.17) is 0 Å². The summed E-state index contributed by atoms with van der Waals surface area (Å²) in [6.07, 6.45) is 3.78. The molecule has 2 aromatic heterocycles. The van der Waals surface area contributed by atoms with Crippen LogP contribution in [0.5, 0.6) is 0 Å². The minimum atomic E-state index is -0.0611. The molecule has 0 saturated heterocycles. The summed E-state index contributed by atoms with van der Waals surface area (Å²) < 4.78 is 2.11. The fraction of sp³-hybridized carbons (Fsp3) is 0.125. The van der Waals surface area contributed by atoms with Crippen molar-refractivity contribution in [2.45, 2.75) is 13.5 Å². The van der Waals surface area contributed by atoms with E-state index in [2.05, 4.69) is 20.9 Å². The molecular formula is C16H15N3OS. The first-order valence-electron chi connectivity index (χ1n) is 6.64. The predicted molar refractivity (Wildman–Crippen MR) is 85.4 cm³/mol. The number of hydrogen-bond acceptors (Lipinski definition) is 3. The number of carbonyl (C=O) groups is 1. The van der Waals surface area contributed by atoms with E-state index in [1.54, 1.807) is 11.3 Å². The van der Waals surface area contributed by atoms with Crippen LogP contribution in [0.25, 0.3) is 10.7 Å². The van der Waals surface area contributed by atoms with Crippen LogP contribution in [0.2, 0.25) is 0 Å². The van der Waals surface area contributed by atoms with Gasteiger partial charge in [0.15, 0.2) is 0 Å². The van der Waals surface area contributed by atoms with Gasteiger partial charge in [0.1, 0.15) is 5.82 Å². The van der Waals surface area contributed by atoms with Crippen molar-refractivity contribution < 1.29 is 4.79 Å². The lowest BCUT2D eigenvalue weighted by Crippen LogP contribution is -2.06. The molecule has 0 saturated carbocycles. The van der Waals surface area contributed by atoms with E-state index in [0.29, 0.717) is 0 Å². The molecule has 3 aromatic rings. The van der Waals surface area contributed by atoms with Gasteiger partial charge < -0.3 is 9.88 Å². The molecule has 1 N–H and O–H groups in total. The first kappa shape index (κ1) is 13.6. The molecule has 106 valence electrons. The number of aromatic nitrogens is 2. The number of anilines is 1. The molecule has 1 amide bonds. The lowest BCUT2D eigenvalue weighted by molar-refractivity contribution is -0.114. The van der Waals surface area contributed by atoms with Gasteiger partial charge in [0.25, 0.3) is 0 Å². The zero-order chi connectivity index (χ0) is 14.7. The normalized spacial score (nSPS) is 10.5. The number of amides is 1. The van der Waals surface area contributed by atoms with Gasteiger partial charge >= 0.3 is 0 Å². The number of benzene rings is 1. The van der Waals surface area contributed by atoms with Crippen LogP contribution in [-0.2, 0) is 11.3 Å². The maximum Gasteiger partial charge on any atom is 0.221 e. The predicted octanol–water partition coefficient (Wildman–Crippen LogP) is 3.62. The second-order valence-electron chi connectivity index (χ2n) is 4.74. The number of nitrogens with one attached hydrogen (secondary N) is 1. The molecule has 0 aliphatic carbocycles. The molecule has 0 spiro atoms. The summed E-state index contributed by atoms with van der Waals surface area (Å²) in [6.45, 7) is 2.23. The number of nitrogens with zero attached hydrogens (tertiary/aromatic N) is 2. The fourth-order valence-corrected chi connectivity index (χ4v) is 2.95. The van der Waals surface area contributed by atoms with E-state index in [1.165, 1.54) is 6.92 Å². The fourth-order valence-electron chi connectivity index (χ4n) is 2.22. The maximum atomic E-state index is 11.1. The highest BCUT2D eigenvalue weighted by Gasteiger charge is 2.07. The Morgan fingerprint density at radius 1 is 1.33 bits per heavy atom. The largest absolute Gasteiger partial charge is 0.326 e. The Labute approximate surface area is 127 Å². The molecule has 21 heavy (non-hydrogen) atoms. The Balaban J connectivity index is 1.84. The second kappa shape index (κ2) is 5.93. The van der Waals surface area contributed by atoms with Gasteiger partial charge in [-0.3, -0.25) is 4.79 Å². The maximum absolute atomic E-state index is 11.1. The van der Waals surface area contributed by atoms with Gasteiger partial charge in [-0.05, 0) is 29.1 Å². The zero-order valence-corrected chi connectivity index (χ0v) is 12.4. The third-order valence-corrected chi connectivity index (χ3v) is 3.92. The summed E-state index contributed by atoms with van der Waals surface area (Å²) >= 11 is 1.68. The highest BCUT2D eigenvalue weighted by molar-refractivity contribution is 7.13. The standard InChI is InChI=1S/C16H15N3OS/c1-12(20)18-14-5-2-4-13(10-14)11-19-8-7-17-16(19)15-6-3-9-21-15/h2-10H,11H2,1H3,(H,18,20). The van der Waals surface area contributed by atoms with Crippen LogP contribution in [0.15, 0.2) is 54.2 Å². The van der Waals surface area contributed by atoms with Gasteiger partial charge in [-0.1, -0.05) is 18.2 Å². The van der Waals surface area contributed by atoms with Gasteiger partial charge in [0, 0.05) is 31.5 Å². The van der Waals surface area contributed by atoms with Gasteiger partial charge in [-0.25, -0.2) is 4.98 Å². The van der Waals surface area contributed by atoms with Crippen LogP contribution < -0.4 is 5.32 Å². The van der Waals surface area contributed by atoms with Crippen molar-refractivity contribution in [1.82, 2.24) is 9.55 Å². The van der Waals surface area contributed by atoms with Crippen molar-refractivity contribution in [3.05, 3.63) is 59.7 Å². The molecule has 0 fully saturated rings. The van der Waals surface area contributed by atoms with E-state index in [-0.39, 0.29) is 5.91 Å². The van der Waals surface area contributed by atoms with Crippen LogP contribution >= 0.6 is 11.3 Å². The second-order valence-corrected chi connectivity index (χ2v) is 5.69. The van der Waals surface area contributed by atoms with Crippen LogP contribution in [-0.4, -0.2) is 15.5 Å². The number of carbonyl (C=O) groups excluding carboxylic acids is 1. The summed E-state index contributed by atoms with van der Waals surface area (Å²) in [5.74, 6) is 0.906. The van der Waals surface area contributed by atoms with Crippen LogP contribution in [0.3, 0.4) is 0 Å². The lowest BCUT2D eigenvalue weighted by Gasteiger charge is -2.09. The SMILES string of the molecule is CC(=O)Nc1cccc(Cn2ccnc2-c2cccs2)c1. The van der Waals surface area contributed by atoms with Crippen molar-refractivity contribution in [2.24, 2.45) is 0 Å². The van der Waals surface area contributed by atoms with E-state index in [9.17, 15) is 4.79 Å². The summed E-state index contributed by atoms with van der Waals surface area (Å²) in [4.78, 5) is 16.7. The van der Waals surface area contributed by atoms with Crippen molar-refractivity contribution >= 4 is 22.9 Å². The number of thiophene rings is 1. The number of imidazole rings is 1. The third-order valence-electron chi connectivity index (χ3n) is 3.06. The van der Waals surface area contributed by atoms with E-state index >= 15 is 0 Å². The molecule has 5 heteroatoms. The molecular weight excluding hydrogens is 282 g/mol. The zero-order valence-electron chi connectivity index (χ0n) is 11.6. The Bertz CT molecular complexity index is 746. The highest BCUT2D eigenvalue weighted by atomic mass is 32.1. The van der Waals surface area contributed by atoms with Crippen LogP contribution in [0, 0.1) is 0 Å². The Hall–Kier alpha value is -2.40. The Kier molecular flexibility index (Phi) is 3.83. The van der Waals surface area contributed by atoms with Crippen molar-refractivity contribution in [3.63, 3.8) is 0 Å². The Morgan fingerprint density at radius 3 is 3.00 bits per heavy atom. The summed E-state index contributed by atoms with van der Waals surface area (Å²) in [6, 6.07) is 12.0. The quantitative estimate of drug-likeness (QED) is 0.799. The summed E-state index contributed by atoms with van der Waals surface area (Å²) in [7, 11) is 0. The average molecular weight is 297 g/mol. The summed E-state index contributed by atoms with van der Waals surface area (Å²) in [5.41, 5.74) is 1.94. The molecule has 4 nitrogen and oxygen atoms in total. The highest BCUT2D eigenvalue weighted by Crippen LogP contribution is 2.24. The van der Waals surface area contributed by atoms with Crippen molar-refractivity contribution in [3.8, 4) is 10.7 Å². The average Bonchev–Trinajstić information content (AvgIpc) is 3.08. The van der Waals surface area contributed by atoms with E-state index in [1.807, 2.05) is 48.1 Å². The Morgan fingerprint density at radius 2 is 2.24 bits per heavy atom. The first-order valence-corrected chi connectivity index (χ1v) is 7.52. The smallest absolute Gasteiger partial charge is 0.221 e. The number of rotatable bonds is 4. The molecule has 0 atom stereocenters. The third kappa shape index (κ3) is 3.20. The lowest BCUT2D eigenvalue weighted by atomic mass is 10.2. The molecule has 0 bridgehead atoms. The topological polar surface area (TPSA) is 46.9 Å². The van der Waals surface area contributed by atoms with Crippen molar-refractivity contribution in [2.75, 3.05) is 5.32 Å². The van der Waals surface area contributed by atoms with Crippen LogP contribution in [0.4, 0.5) is 5.69 Å². The molecule has 0 unspecified atom stereocenters. The molecule has 1 aromatic carbocycles. The van der Waals surface area contributed by atoms with E-state index in [0.717, 1.165) is 28.5 Å².